The third kappa shape index (κ3) is 3.69. The molecule has 0 aliphatic carbocycles. The Labute approximate surface area is 87.8 Å². The molecule has 0 spiro atoms. The van der Waals surface area contributed by atoms with Crippen molar-refractivity contribution in [2.75, 3.05) is 17.6 Å². The van der Waals surface area contributed by atoms with Gasteiger partial charge in [-0.1, -0.05) is 12.1 Å². The van der Waals surface area contributed by atoms with Crippen molar-refractivity contribution in [2.24, 2.45) is 0 Å². The molecule has 0 amide bonds. The topological polar surface area (TPSA) is 83.5 Å². The highest BCUT2D eigenvalue weighted by Gasteiger charge is 2.06. The van der Waals surface area contributed by atoms with E-state index in [1.807, 2.05) is 0 Å². The molecule has 0 radical (unpaired) electrons. The first-order valence-electron chi connectivity index (χ1n) is 4.14. The molecular formula is C9H11NO4S. The number of Topliss-reactive ketones (excluding diaryl/α,β-unsaturated/α-hetero) is 1. The van der Waals surface area contributed by atoms with Crippen molar-refractivity contribution in [1.82, 2.24) is 0 Å². The Hall–Kier alpha value is -1.40. The van der Waals surface area contributed by atoms with Gasteiger partial charge in [-0.2, -0.15) is 0 Å². The summed E-state index contributed by atoms with van der Waals surface area (Å²) in [4.78, 5) is 11.1. The SMILES string of the molecule is CS(=O)(=O)Nc1cccc(C(=O)CO)c1. The molecule has 0 aliphatic rings. The van der Waals surface area contributed by atoms with Crippen LogP contribution in [-0.2, 0) is 10.0 Å². The zero-order valence-electron chi connectivity index (χ0n) is 8.10. The molecule has 5 nitrogen and oxygen atoms in total. The first-order valence-corrected chi connectivity index (χ1v) is 6.03. The third-order valence-electron chi connectivity index (χ3n) is 1.63. The summed E-state index contributed by atoms with van der Waals surface area (Å²) >= 11 is 0. The Kier molecular flexibility index (Phi) is 3.43. The second-order valence-electron chi connectivity index (χ2n) is 3.04. The molecule has 1 rings (SSSR count). The van der Waals surface area contributed by atoms with Crippen LogP contribution in [0.25, 0.3) is 0 Å². The van der Waals surface area contributed by atoms with E-state index in [0.29, 0.717) is 5.69 Å². The zero-order chi connectivity index (χ0) is 11.5. The average molecular weight is 229 g/mol. The van der Waals surface area contributed by atoms with E-state index in [1.54, 1.807) is 0 Å². The van der Waals surface area contributed by atoms with Gasteiger partial charge in [-0.25, -0.2) is 8.42 Å². The predicted molar refractivity (Wildman–Crippen MR) is 56.3 cm³/mol. The molecule has 1 aromatic rings. The van der Waals surface area contributed by atoms with Crippen LogP contribution in [-0.4, -0.2) is 32.2 Å². The number of hydrogen-bond donors (Lipinski definition) is 2. The summed E-state index contributed by atoms with van der Waals surface area (Å²) in [5, 5.41) is 8.62. The molecular weight excluding hydrogens is 218 g/mol. The molecule has 2 N–H and O–H groups in total. The predicted octanol–water partition coefficient (Wildman–Crippen LogP) is 0.233. The van der Waals surface area contributed by atoms with Crippen LogP contribution in [0, 0.1) is 0 Å². The largest absolute Gasteiger partial charge is 0.388 e. The van der Waals surface area contributed by atoms with Crippen LogP contribution in [0.15, 0.2) is 24.3 Å². The van der Waals surface area contributed by atoms with Crippen LogP contribution in [0.2, 0.25) is 0 Å². The van der Waals surface area contributed by atoms with Crippen molar-refractivity contribution in [2.45, 2.75) is 0 Å². The van der Waals surface area contributed by atoms with Crippen molar-refractivity contribution in [3.8, 4) is 0 Å². The van der Waals surface area contributed by atoms with E-state index in [0.717, 1.165) is 6.26 Å². The van der Waals surface area contributed by atoms with Gasteiger partial charge in [0.1, 0.15) is 6.61 Å². The minimum Gasteiger partial charge on any atom is -0.388 e. The lowest BCUT2D eigenvalue weighted by Crippen LogP contribution is -2.11. The van der Waals surface area contributed by atoms with Crippen molar-refractivity contribution in [3.63, 3.8) is 0 Å². The monoisotopic (exact) mass is 229 g/mol. The summed E-state index contributed by atoms with van der Waals surface area (Å²) in [6.07, 6.45) is 1.02. The molecule has 0 unspecified atom stereocenters. The quantitative estimate of drug-likeness (QED) is 0.724. The lowest BCUT2D eigenvalue weighted by atomic mass is 10.1. The lowest BCUT2D eigenvalue weighted by Gasteiger charge is -2.04. The number of rotatable bonds is 4. The zero-order valence-corrected chi connectivity index (χ0v) is 8.91. The molecule has 6 heteroatoms. The van der Waals surface area contributed by atoms with E-state index in [1.165, 1.54) is 24.3 Å². The minimum absolute atomic E-state index is 0.270. The van der Waals surface area contributed by atoms with E-state index in [-0.39, 0.29) is 5.56 Å². The van der Waals surface area contributed by atoms with Gasteiger partial charge < -0.3 is 5.11 Å². The van der Waals surface area contributed by atoms with Crippen LogP contribution < -0.4 is 4.72 Å². The molecule has 0 heterocycles. The fourth-order valence-corrected chi connectivity index (χ4v) is 1.62. The molecule has 15 heavy (non-hydrogen) atoms. The van der Waals surface area contributed by atoms with Crippen molar-refractivity contribution in [3.05, 3.63) is 29.8 Å². The van der Waals surface area contributed by atoms with Gasteiger partial charge in [0.25, 0.3) is 0 Å². The standard InChI is InChI=1S/C9H11NO4S/c1-15(13,14)10-8-4-2-3-7(5-8)9(12)6-11/h2-5,10-11H,6H2,1H3. The Morgan fingerprint density at radius 3 is 2.67 bits per heavy atom. The molecule has 0 saturated heterocycles. The van der Waals surface area contributed by atoms with Crippen LogP contribution >= 0.6 is 0 Å². The number of benzene rings is 1. The molecule has 0 saturated carbocycles. The van der Waals surface area contributed by atoms with Crippen molar-refractivity contribution in [1.29, 1.82) is 0 Å². The summed E-state index contributed by atoms with van der Waals surface area (Å²) < 4.78 is 24.1. The maximum atomic E-state index is 11.1. The van der Waals surface area contributed by atoms with E-state index >= 15 is 0 Å². The van der Waals surface area contributed by atoms with Gasteiger partial charge in [-0.3, -0.25) is 9.52 Å². The Morgan fingerprint density at radius 2 is 2.13 bits per heavy atom. The summed E-state index contributed by atoms with van der Waals surface area (Å²) in [7, 11) is -3.35. The summed E-state index contributed by atoms with van der Waals surface area (Å²) in [6, 6.07) is 5.94. The van der Waals surface area contributed by atoms with Crippen LogP contribution in [0.3, 0.4) is 0 Å². The Morgan fingerprint density at radius 1 is 1.47 bits per heavy atom. The summed E-state index contributed by atoms with van der Waals surface area (Å²) in [6.45, 7) is -0.595. The highest BCUT2D eigenvalue weighted by Crippen LogP contribution is 2.12. The van der Waals surface area contributed by atoms with Crippen LogP contribution in [0.1, 0.15) is 10.4 Å². The molecule has 0 atom stereocenters. The van der Waals surface area contributed by atoms with Crippen LogP contribution in [0.5, 0.6) is 0 Å². The highest BCUT2D eigenvalue weighted by atomic mass is 32.2. The number of ketones is 1. The Balaban J connectivity index is 2.98. The molecule has 0 aliphatic heterocycles. The van der Waals surface area contributed by atoms with Gasteiger partial charge in [0.2, 0.25) is 10.0 Å². The number of anilines is 1. The summed E-state index contributed by atoms with van der Waals surface area (Å²) in [5.41, 5.74) is 0.572. The molecule has 1 aromatic carbocycles. The summed E-state index contributed by atoms with van der Waals surface area (Å²) in [5.74, 6) is -0.452. The first-order chi connectivity index (χ1) is 6.92. The van der Waals surface area contributed by atoms with E-state index in [2.05, 4.69) is 4.72 Å². The average Bonchev–Trinajstić information content (AvgIpc) is 2.14. The molecule has 82 valence electrons. The van der Waals surface area contributed by atoms with E-state index in [4.69, 9.17) is 5.11 Å². The fourth-order valence-electron chi connectivity index (χ4n) is 1.06. The second kappa shape index (κ2) is 4.41. The van der Waals surface area contributed by atoms with Gasteiger partial charge in [0.15, 0.2) is 5.78 Å². The number of nitrogens with one attached hydrogen (secondary N) is 1. The molecule has 0 fully saturated rings. The van der Waals surface area contributed by atoms with Crippen molar-refractivity contribution < 1.29 is 18.3 Å². The smallest absolute Gasteiger partial charge is 0.229 e. The van der Waals surface area contributed by atoms with Gasteiger partial charge in [0, 0.05) is 11.3 Å². The van der Waals surface area contributed by atoms with Crippen LogP contribution in [0.4, 0.5) is 5.69 Å². The van der Waals surface area contributed by atoms with Gasteiger partial charge >= 0.3 is 0 Å². The van der Waals surface area contributed by atoms with Gasteiger partial charge in [-0.05, 0) is 12.1 Å². The molecule has 0 bridgehead atoms. The van der Waals surface area contributed by atoms with E-state index in [9.17, 15) is 13.2 Å². The third-order valence-corrected chi connectivity index (χ3v) is 2.24. The number of hydrogen-bond acceptors (Lipinski definition) is 4. The second-order valence-corrected chi connectivity index (χ2v) is 4.78. The number of aliphatic hydroxyl groups is 1. The van der Waals surface area contributed by atoms with E-state index < -0.39 is 22.4 Å². The maximum Gasteiger partial charge on any atom is 0.229 e. The van der Waals surface area contributed by atoms with Crippen molar-refractivity contribution >= 4 is 21.5 Å². The van der Waals surface area contributed by atoms with Gasteiger partial charge in [0.05, 0.1) is 6.26 Å². The maximum absolute atomic E-state index is 11.1. The Bertz CT molecular complexity index is 467. The lowest BCUT2D eigenvalue weighted by molar-refractivity contribution is 0.0904. The number of aliphatic hydroxyl groups excluding tert-OH is 1. The normalized spacial score (nSPS) is 11.1. The minimum atomic E-state index is -3.35. The molecule has 0 aromatic heterocycles. The number of carbonyl (C=O) groups is 1. The highest BCUT2D eigenvalue weighted by molar-refractivity contribution is 7.92. The fraction of sp³-hybridized carbons (Fsp3) is 0.222. The van der Waals surface area contributed by atoms with Gasteiger partial charge in [-0.15, -0.1) is 0 Å². The number of sulfonamides is 1. The number of carbonyl (C=O) groups excluding carboxylic acids is 1. The first kappa shape index (κ1) is 11.7.